The zero-order valence-corrected chi connectivity index (χ0v) is 29.5. The molecule has 252 valence electrons. The van der Waals surface area contributed by atoms with Crippen LogP contribution in [0.4, 0.5) is 11.4 Å². The monoisotopic (exact) mass is 686 g/mol. The standard InChI is InChI=1S/C52H34N2/c1-5-17-41-37(13-1)38-14-2-6-18-42(38)49(41)33-25-29-35(30-26-33)51-45-21-9-11-23-47(45)54-52(46-22-10-12-24-48(46)53-51)36-31-27-34(28-32-36)50-43-19-7-3-15-39(43)40-16-4-8-20-44(40)50/h1-32,49-50H/b51-45?,52-46?,53-48?,53-51-,54-47?,54-52-. The Morgan fingerprint density at radius 3 is 0.870 bits per heavy atom. The molecule has 0 saturated carbocycles. The van der Waals surface area contributed by atoms with Gasteiger partial charge in [0.1, 0.15) is 0 Å². The van der Waals surface area contributed by atoms with Crippen molar-refractivity contribution < 1.29 is 0 Å². The molecule has 0 fully saturated rings. The molecule has 1 heterocycles. The van der Waals surface area contributed by atoms with Crippen molar-refractivity contribution in [2.24, 2.45) is 9.98 Å². The van der Waals surface area contributed by atoms with Crippen LogP contribution in [0.1, 0.15) is 67.5 Å². The average Bonchev–Trinajstić information content (AvgIpc) is 3.75. The Bertz CT molecular complexity index is 2530. The van der Waals surface area contributed by atoms with E-state index in [1.54, 1.807) is 0 Å². The summed E-state index contributed by atoms with van der Waals surface area (Å²) in [6.07, 6.45) is 0. The minimum Gasteiger partial charge on any atom is -0.247 e. The van der Waals surface area contributed by atoms with Gasteiger partial charge in [-0.05, 0) is 67.8 Å². The second-order valence-corrected chi connectivity index (χ2v) is 14.4. The minimum atomic E-state index is 0.204. The van der Waals surface area contributed by atoms with E-state index < -0.39 is 0 Å². The van der Waals surface area contributed by atoms with Crippen molar-refractivity contribution in [2.75, 3.05) is 0 Å². The summed E-state index contributed by atoms with van der Waals surface area (Å²) in [6.45, 7) is 0. The largest absolute Gasteiger partial charge is 0.247 e. The molecule has 0 atom stereocenters. The van der Waals surface area contributed by atoms with E-state index in [0.29, 0.717) is 0 Å². The van der Waals surface area contributed by atoms with Crippen LogP contribution in [0.5, 0.6) is 0 Å². The van der Waals surface area contributed by atoms with Crippen molar-refractivity contribution in [3.05, 3.63) is 250 Å². The molecule has 0 spiro atoms. The quantitative estimate of drug-likeness (QED) is 0.176. The number of benzene rings is 8. The molecule has 8 aromatic rings. The smallest absolute Gasteiger partial charge is 0.0803 e. The first-order valence-electron chi connectivity index (χ1n) is 18.7. The van der Waals surface area contributed by atoms with E-state index in [2.05, 4.69) is 194 Å². The van der Waals surface area contributed by atoms with Crippen molar-refractivity contribution in [2.45, 2.75) is 11.8 Å². The lowest BCUT2D eigenvalue weighted by atomic mass is 9.87. The Labute approximate surface area is 315 Å². The predicted octanol–water partition coefficient (Wildman–Crippen LogP) is 12.7. The van der Waals surface area contributed by atoms with E-state index in [1.165, 1.54) is 55.6 Å². The number of hydrogen-bond acceptors (Lipinski definition) is 2. The molecule has 0 radical (unpaired) electrons. The van der Waals surface area contributed by atoms with E-state index >= 15 is 0 Å². The molecule has 1 aliphatic heterocycles. The normalized spacial score (nSPS) is 15.9. The Hall–Kier alpha value is -6.90. The lowest BCUT2D eigenvalue weighted by Crippen LogP contribution is -2.11. The third kappa shape index (κ3) is 4.81. The number of fused-ring (bicyclic) bond motifs is 8. The highest BCUT2D eigenvalue weighted by Gasteiger charge is 2.31. The summed E-state index contributed by atoms with van der Waals surface area (Å²) in [5, 5.41) is 0. The molecule has 0 aromatic heterocycles. The fourth-order valence-corrected chi connectivity index (χ4v) is 9.04. The summed E-state index contributed by atoms with van der Waals surface area (Å²) < 4.78 is 0. The van der Waals surface area contributed by atoms with Crippen molar-refractivity contribution in [1.82, 2.24) is 0 Å². The summed E-state index contributed by atoms with van der Waals surface area (Å²) in [5.74, 6) is 0.408. The average molecular weight is 687 g/mol. The highest BCUT2D eigenvalue weighted by molar-refractivity contribution is 6.22. The van der Waals surface area contributed by atoms with E-state index in [4.69, 9.17) is 9.98 Å². The second kappa shape index (κ2) is 12.4. The second-order valence-electron chi connectivity index (χ2n) is 14.4. The Kier molecular flexibility index (Phi) is 7.03. The van der Waals surface area contributed by atoms with E-state index in [9.17, 15) is 0 Å². The van der Waals surface area contributed by atoms with E-state index in [0.717, 1.165) is 45.1 Å². The number of aliphatic imine (C=N–C) groups is 2. The first kappa shape index (κ1) is 30.7. The van der Waals surface area contributed by atoms with Gasteiger partial charge in [0, 0.05) is 34.1 Å². The fourth-order valence-electron chi connectivity index (χ4n) is 9.04. The summed E-state index contributed by atoms with van der Waals surface area (Å²) in [4.78, 5) is 10.9. The zero-order valence-electron chi connectivity index (χ0n) is 29.5. The molecule has 2 nitrogen and oxygen atoms in total. The van der Waals surface area contributed by atoms with Gasteiger partial charge >= 0.3 is 0 Å². The maximum Gasteiger partial charge on any atom is 0.0803 e. The van der Waals surface area contributed by atoms with Crippen molar-refractivity contribution in [3.63, 3.8) is 0 Å². The molecule has 0 unspecified atom stereocenters. The van der Waals surface area contributed by atoms with E-state index in [-0.39, 0.29) is 11.8 Å². The fraction of sp³-hybridized carbons (Fsp3) is 0.0385. The van der Waals surface area contributed by atoms with Gasteiger partial charge in [-0.2, -0.15) is 0 Å². The molecule has 0 amide bonds. The molecule has 11 rings (SSSR count). The molecule has 0 bridgehead atoms. The lowest BCUT2D eigenvalue weighted by molar-refractivity contribution is 1.01. The molecular formula is C52H34N2. The van der Waals surface area contributed by atoms with Crippen LogP contribution in [-0.4, -0.2) is 11.4 Å². The van der Waals surface area contributed by atoms with Crippen LogP contribution >= 0.6 is 0 Å². The molecule has 2 aliphatic carbocycles. The van der Waals surface area contributed by atoms with Crippen LogP contribution < -0.4 is 0 Å². The summed E-state index contributed by atoms with van der Waals surface area (Å²) in [6, 6.07) is 70.2. The Balaban J connectivity index is 0.984. The maximum absolute atomic E-state index is 5.45. The third-order valence-electron chi connectivity index (χ3n) is 11.5. The maximum atomic E-state index is 5.45. The van der Waals surface area contributed by atoms with Gasteiger partial charge in [0.05, 0.1) is 22.8 Å². The molecule has 3 aliphatic rings. The molecular weight excluding hydrogens is 653 g/mol. The zero-order chi connectivity index (χ0) is 35.6. The molecule has 8 aromatic carbocycles. The number of hydrogen-bond donors (Lipinski definition) is 0. The van der Waals surface area contributed by atoms with Crippen molar-refractivity contribution >= 4 is 22.8 Å². The summed E-state index contributed by atoms with van der Waals surface area (Å²) in [5.41, 5.74) is 21.2. The first-order chi connectivity index (χ1) is 26.8. The Morgan fingerprint density at radius 1 is 0.259 bits per heavy atom. The SMILES string of the molecule is c1ccc2c(c1)/N=C(/c1ccc(C3c4ccccc4-c4ccccc43)cc1)c1ccccc1/N=C\2c1ccc(C2c3ccccc3-c3ccccc32)cc1. The van der Waals surface area contributed by atoms with Gasteiger partial charge in [-0.25, -0.2) is 9.98 Å². The number of rotatable bonds is 4. The summed E-state index contributed by atoms with van der Waals surface area (Å²) >= 11 is 0. The highest BCUT2D eigenvalue weighted by Crippen LogP contribution is 2.49. The van der Waals surface area contributed by atoms with Gasteiger partial charge in [0.25, 0.3) is 0 Å². The van der Waals surface area contributed by atoms with Crippen LogP contribution in [0.3, 0.4) is 0 Å². The van der Waals surface area contributed by atoms with Gasteiger partial charge in [-0.3, -0.25) is 0 Å². The van der Waals surface area contributed by atoms with E-state index in [1.807, 2.05) is 0 Å². The summed E-state index contributed by atoms with van der Waals surface area (Å²) in [7, 11) is 0. The van der Waals surface area contributed by atoms with Gasteiger partial charge in [0.2, 0.25) is 0 Å². The van der Waals surface area contributed by atoms with Gasteiger partial charge in [0.15, 0.2) is 0 Å². The van der Waals surface area contributed by atoms with Crippen LogP contribution in [-0.2, 0) is 0 Å². The molecule has 2 heteroatoms. The van der Waals surface area contributed by atoms with Crippen LogP contribution in [0, 0.1) is 0 Å². The number of para-hydroxylation sites is 2. The topological polar surface area (TPSA) is 24.7 Å². The molecule has 54 heavy (non-hydrogen) atoms. The molecule has 0 N–H and O–H groups in total. The minimum absolute atomic E-state index is 0.204. The van der Waals surface area contributed by atoms with Crippen molar-refractivity contribution in [1.29, 1.82) is 0 Å². The first-order valence-corrected chi connectivity index (χ1v) is 18.7. The van der Waals surface area contributed by atoms with Crippen LogP contribution in [0.2, 0.25) is 0 Å². The van der Waals surface area contributed by atoms with Crippen LogP contribution in [0.25, 0.3) is 22.3 Å². The Morgan fingerprint density at radius 2 is 0.537 bits per heavy atom. The van der Waals surface area contributed by atoms with Gasteiger partial charge < -0.3 is 0 Å². The third-order valence-corrected chi connectivity index (χ3v) is 11.5. The lowest BCUT2D eigenvalue weighted by Gasteiger charge is -2.19. The van der Waals surface area contributed by atoms with Crippen LogP contribution in [0.15, 0.2) is 204 Å². The predicted molar refractivity (Wildman–Crippen MR) is 222 cm³/mol. The van der Waals surface area contributed by atoms with Gasteiger partial charge in [-0.1, -0.05) is 182 Å². The highest BCUT2D eigenvalue weighted by atomic mass is 14.8. The van der Waals surface area contributed by atoms with Crippen molar-refractivity contribution in [3.8, 4) is 22.3 Å². The number of nitrogens with zero attached hydrogens (tertiary/aromatic N) is 2. The van der Waals surface area contributed by atoms with Gasteiger partial charge in [-0.15, -0.1) is 0 Å². The molecule has 0 saturated heterocycles.